The summed E-state index contributed by atoms with van der Waals surface area (Å²) < 4.78 is 60.6. The lowest BCUT2D eigenvalue weighted by Gasteiger charge is -2.27. The highest BCUT2D eigenvalue weighted by atomic mass is 32.2. The summed E-state index contributed by atoms with van der Waals surface area (Å²) in [6.07, 6.45) is 0.208. The minimum absolute atomic E-state index is 0.0607. The number of ether oxygens (including phenoxy) is 2. The van der Waals surface area contributed by atoms with Crippen LogP contribution < -0.4 is 9.47 Å². The Morgan fingerprint density at radius 3 is 2.50 bits per heavy atom. The SMILES string of the molecule is COc1ccc(S(=O)(=O)N(CCO)[C@@H]2CCS(=O)(=O)C2)c(OC)c1. The van der Waals surface area contributed by atoms with E-state index in [1.54, 1.807) is 0 Å². The summed E-state index contributed by atoms with van der Waals surface area (Å²) in [5.74, 6) is 0.223. The Kier molecular flexibility index (Phi) is 5.74. The molecule has 0 unspecified atom stereocenters. The molecule has 0 bridgehead atoms. The Labute approximate surface area is 142 Å². The average Bonchev–Trinajstić information content (AvgIpc) is 2.91. The normalized spacial score (nSPS) is 20.2. The molecule has 0 aliphatic carbocycles. The van der Waals surface area contributed by atoms with E-state index in [0.717, 1.165) is 4.31 Å². The topological polar surface area (TPSA) is 110 Å². The number of benzene rings is 1. The molecule has 0 radical (unpaired) electrons. The van der Waals surface area contributed by atoms with E-state index in [1.165, 1.54) is 32.4 Å². The molecule has 1 aromatic rings. The van der Waals surface area contributed by atoms with Crippen molar-refractivity contribution in [3.63, 3.8) is 0 Å². The number of hydrogen-bond acceptors (Lipinski definition) is 7. The maximum Gasteiger partial charge on any atom is 0.247 e. The van der Waals surface area contributed by atoms with Gasteiger partial charge in [-0.1, -0.05) is 0 Å². The molecule has 1 atom stereocenters. The van der Waals surface area contributed by atoms with Crippen LogP contribution in [-0.2, 0) is 19.9 Å². The molecule has 8 nitrogen and oxygen atoms in total. The first-order chi connectivity index (χ1) is 11.2. The zero-order valence-corrected chi connectivity index (χ0v) is 15.1. The molecule has 1 aliphatic heterocycles. The summed E-state index contributed by atoms with van der Waals surface area (Å²) in [6.45, 7) is -0.591. The van der Waals surface area contributed by atoms with Crippen molar-refractivity contribution in [1.82, 2.24) is 4.31 Å². The van der Waals surface area contributed by atoms with E-state index in [1.807, 2.05) is 0 Å². The summed E-state index contributed by atoms with van der Waals surface area (Å²) in [4.78, 5) is -0.0939. The van der Waals surface area contributed by atoms with Gasteiger partial charge in [0, 0.05) is 18.7 Å². The number of rotatable bonds is 7. The number of methoxy groups -OCH3 is 2. The summed E-state index contributed by atoms with van der Waals surface area (Å²) >= 11 is 0. The molecule has 1 saturated heterocycles. The second-order valence-electron chi connectivity index (χ2n) is 5.41. The lowest BCUT2D eigenvalue weighted by Crippen LogP contribution is -2.42. The minimum Gasteiger partial charge on any atom is -0.497 e. The Balaban J connectivity index is 2.45. The van der Waals surface area contributed by atoms with Gasteiger partial charge in [-0.3, -0.25) is 0 Å². The van der Waals surface area contributed by atoms with Crippen molar-refractivity contribution in [1.29, 1.82) is 0 Å². The van der Waals surface area contributed by atoms with Crippen molar-refractivity contribution in [2.24, 2.45) is 0 Å². The fourth-order valence-electron chi connectivity index (χ4n) is 2.71. The predicted molar refractivity (Wildman–Crippen MR) is 87.6 cm³/mol. The van der Waals surface area contributed by atoms with Crippen LogP contribution in [0.2, 0.25) is 0 Å². The monoisotopic (exact) mass is 379 g/mol. The van der Waals surface area contributed by atoms with E-state index in [-0.39, 0.29) is 35.1 Å². The van der Waals surface area contributed by atoms with Crippen LogP contribution in [0.15, 0.2) is 23.1 Å². The third kappa shape index (κ3) is 3.82. The predicted octanol–water partition coefficient (Wildman–Crippen LogP) is -0.126. The number of aliphatic hydroxyl groups is 1. The fraction of sp³-hybridized carbons (Fsp3) is 0.571. The fourth-order valence-corrected chi connectivity index (χ4v) is 6.32. The molecule has 10 heteroatoms. The first-order valence-corrected chi connectivity index (χ1v) is 10.6. The van der Waals surface area contributed by atoms with E-state index in [2.05, 4.69) is 0 Å². The van der Waals surface area contributed by atoms with Gasteiger partial charge in [-0.2, -0.15) is 4.31 Å². The average molecular weight is 379 g/mol. The van der Waals surface area contributed by atoms with Crippen LogP contribution in [0.4, 0.5) is 0 Å². The lowest BCUT2D eigenvalue weighted by atomic mass is 10.3. The largest absolute Gasteiger partial charge is 0.497 e. The highest BCUT2D eigenvalue weighted by molar-refractivity contribution is 7.92. The lowest BCUT2D eigenvalue weighted by molar-refractivity contribution is 0.232. The van der Waals surface area contributed by atoms with Gasteiger partial charge in [0.1, 0.15) is 16.4 Å². The Morgan fingerprint density at radius 2 is 2.00 bits per heavy atom. The maximum atomic E-state index is 13.0. The molecule has 1 aliphatic rings. The molecular weight excluding hydrogens is 358 g/mol. The van der Waals surface area contributed by atoms with Crippen molar-refractivity contribution >= 4 is 19.9 Å². The summed E-state index contributed by atoms with van der Waals surface area (Å²) in [5.41, 5.74) is 0. The highest BCUT2D eigenvalue weighted by Gasteiger charge is 2.39. The van der Waals surface area contributed by atoms with Gasteiger partial charge in [-0.05, 0) is 18.6 Å². The van der Waals surface area contributed by atoms with Gasteiger partial charge in [-0.15, -0.1) is 0 Å². The first-order valence-electron chi connectivity index (χ1n) is 7.30. The van der Waals surface area contributed by atoms with Gasteiger partial charge in [0.25, 0.3) is 0 Å². The number of sulfone groups is 1. The summed E-state index contributed by atoms with van der Waals surface area (Å²) in [5, 5.41) is 9.24. The van der Waals surface area contributed by atoms with Gasteiger partial charge >= 0.3 is 0 Å². The van der Waals surface area contributed by atoms with Gasteiger partial charge in [0.2, 0.25) is 10.0 Å². The van der Waals surface area contributed by atoms with Crippen LogP contribution in [0.5, 0.6) is 11.5 Å². The highest BCUT2D eigenvalue weighted by Crippen LogP contribution is 2.32. The van der Waals surface area contributed by atoms with Gasteiger partial charge in [0.15, 0.2) is 9.84 Å². The van der Waals surface area contributed by atoms with Crippen molar-refractivity contribution in [2.75, 3.05) is 38.9 Å². The standard InChI is InChI=1S/C14H21NO7S2/c1-21-12-3-4-14(13(9-12)22-2)24(19,20)15(6-7-16)11-5-8-23(17,18)10-11/h3-4,9,11,16H,5-8,10H2,1-2H3/t11-/m1/s1. The van der Waals surface area contributed by atoms with Crippen LogP contribution >= 0.6 is 0 Å². The van der Waals surface area contributed by atoms with Crippen molar-refractivity contribution in [3.8, 4) is 11.5 Å². The van der Waals surface area contributed by atoms with Crippen LogP contribution in [-0.4, -0.2) is 71.2 Å². The van der Waals surface area contributed by atoms with E-state index >= 15 is 0 Å². The third-order valence-electron chi connectivity index (χ3n) is 3.89. The molecule has 0 saturated carbocycles. The smallest absolute Gasteiger partial charge is 0.247 e. The summed E-state index contributed by atoms with van der Waals surface area (Å²) in [6, 6.07) is 3.58. The van der Waals surface area contributed by atoms with Crippen LogP contribution in [0.3, 0.4) is 0 Å². The second-order valence-corrected chi connectivity index (χ2v) is 9.50. The number of sulfonamides is 1. The van der Waals surface area contributed by atoms with Crippen molar-refractivity contribution in [2.45, 2.75) is 17.4 Å². The van der Waals surface area contributed by atoms with Crippen molar-refractivity contribution in [3.05, 3.63) is 18.2 Å². The third-order valence-corrected chi connectivity index (χ3v) is 7.64. The van der Waals surface area contributed by atoms with Gasteiger partial charge < -0.3 is 14.6 Å². The van der Waals surface area contributed by atoms with E-state index in [9.17, 15) is 21.9 Å². The minimum atomic E-state index is -4.04. The van der Waals surface area contributed by atoms with E-state index < -0.39 is 32.5 Å². The molecular formula is C14H21NO7S2. The van der Waals surface area contributed by atoms with Crippen molar-refractivity contribution < 1.29 is 31.4 Å². The molecule has 24 heavy (non-hydrogen) atoms. The zero-order valence-electron chi connectivity index (χ0n) is 13.5. The second kappa shape index (κ2) is 7.26. The van der Waals surface area contributed by atoms with Gasteiger partial charge in [-0.25, -0.2) is 16.8 Å². The molecule has 1 heterocycles. The number of hydrogen-bond donors (Lipinski definition) is 1. The Hall–Kier alpha value is -1.36. The number of aliphatic hydroxyl groups excluding tert-OH is 1. The molecule has 1 fully saturated rings. The molecule has 1 aromatic carbocycles. The van der Waals surface area contributed by atoms with Gasteiger partial charge in [0.05, 0.1) is 32.3 Å². The molecule has 1 N–H and O–H groups in total. The maximum absolute atomic E-state index is 13.0. The molecule has 0 aromatic heterocycles. The van der Waals surface area contributed by atoms with E-state index in [0.29, 0.717) is 5.75 Å². The van der Waals surface area contributed by atoms with Crippen LogP contribution in [0, 0.1) is 0 Å². The molecule has 136 valence electrons. The Bertz CT molecular complexity index is 789. The quantitative estimate of drug-likeness (QED) is 0.703. The number of nitrogens with zero attached hydrogens (tertiary/aromatic N) is 1. The van der Waals surface area contributed by atoms with Crippen LogP contribution in [0.1, 0.15) is 6.42 Å². The molecule has 0 spiro atoms. The summed E-state index contributed by atoms with van der Waals surface area (Å²) in [7, 11) is -4.52. The zero-order chi connectivity index (χ0) is 18.0. The Morgan fingerprint density at radius 1 is 1.29 bits per heavy atom. The molecule has 2 rings (SSSR count). The molecule has 0 amide bonds. The van der Waals surface area contributed by atoms with E-state index in [4.69, 9.17) is 9.47 Å². The van der Waals surface area contributed by atoms with Crippen LogP contribution in [0.25, 0.3) is 0 Å². The first kappa shape index (κ1) is 19.0.